The van der Waals surface area contributed by atoms with Gasteiger partial charge >= 0.3 is 0 Å². The van der Waals surface area contributed by atoms with Gasteiger partial charge in [-0.2, -0.15) is 0 Å². The van der Waals surface area contributed by atoms with Crippen LogP contribution in [0.1, 0.15) is 60.6 Å². The number of nitrogens with zero attached hydrogens (tertiary/aromatic N) is 1. The zero-order valence-electron chi connectivity index (χ0n) is 14.5. The number of carbonyl (C=O) groups excluding carboxylic acids is 2. The van der Waals surface area contributed by atoms with Crippen molar-refractivity contribution in [2.45, 2.75) is 46.5 Å². The summed E-state index contributed by atoms with van der Waals surface area (Å²) in [6.45, 7) is 7.97. The summed E-state index contributed by atoms with van der Waals surface area (Å²) in [5.41, 5.74) is 2.70. The van der Waals surface area contributed by atoms with Gasteiger partial charge in [-0.3, -0.25) is 9.59 Å². The summed E-state index contributed by atoms with van der Waals surface area (Å²) in [7, 11) is 0. The Balaban J connectivity index is 2.12. The van der Waals surface area contributed by atoms with Crippen LogP contribution < -0.4 is 10.6 Å². The first-order chi connectivity index (χ1) is 11.4. The number of thiazole rings is 1. The van der Waals surface area contributed by atoms with E-state index in [4.69, 9.17) is 0 Å². The number of aryl methyl sites for hydroxylation is 1. The molecule has 0 aliphatic heterocycles. The van der Waals surface area contributed by atoms with Crippen molar-refractivity contribution in [2.75, 3.05) is 10.6 Å². The van der Waals surface area contributed by atoms with E-state index in [2.05, 4.69) is 15.6 Å². The first kappa shape index (κ1) is 18.1. The number of hydrogen-bond acceptors (Lipinski definition) is 4. The molecule has 1 aromatic carbocycles. The van der Waals surface area contributed by atoms with Crippen LogP contribution in [0.2, 0.25) is 0 Å². The van der Waals surface area contributed by atoms with E-state index in [1.54, 1.807) is 11.4 Å². The van der Waals surface area contributed by atoms with E-state index in [0.29, 0.717) is 29.4 Å². The molecule has 0 saturated heterocycles. The molecule has 2 aromatic rings. The monoisotopic (exact) mass is 345 g/mol. The first-order valence-electron chi connectivity index (χ1n) is 8.08. The molecule has 0 radical (unpaired) electrons. The van der Waals surface area contributed by atoms with Crippen LogP contribution in [-0.4, -0.2) is 16.8 Å². The fourth-order valence-corrected chi connectivity index (χ4v) is 2.94. The van der Waals surface area contributed by atoms with Crippen LogP contribution in [0.4, 0.5) is 11.4 Å². The summed E-state index contributed by atoms with van der Waals surface area (Å²) in [5.74, 6) is 0.0355. The molecule has 2 N–H and O–H groups in total. The first-order valence-corrected chi connectivity index (χ1v) is 8.96. The second-order valence-electron chi connectivity index (χ2n) is 6.01. The molecule has 1 aromatic heterocycles. The Morgan fingerprint density at radius 3 is 2.62 bits per heavy atom. The Bertz CT molecular complexity index is 738. The minimum Gasteiger partial charge on any atom is -0.326 e. The minimum atomic E-state index is -0.238. The van der Waals surface area contributed by atoms with Gasteiger partial charge in [-0.15, -0.1) is 11.3 Å². The third-order valence-electron chi connectivity index (χ3n) is 3.50. The molecule has 6 heteroatoms. The summed E-state index contributed by atoms with van der Waals surface area (Å²) < 4.78 is 0. The van der Waals surface area contributed by atoms with Crippen LogP contribution in [-0.2, 0) is 4.79 Å². The number of amides is 2. The SMILES string of the molecule is CCCC(=O)Nc1ccc(C)c(NC(=O)c2csc(C(C)C)n2)c1. The zero-order valence-corrected chi connectivity index (χ0v) is 15.3. The highest BCUT2D eigenvalue weighted by atomic mass is 32.1. The maximum atomic E-state index is 12.4. The predicted octanol–water partition coefficient (Wildman–Crippen LogP) is 4.57. The van der Waals surface area contributed by atoms with Gasteiger partial charge in [0.2, 0.25) is 5.91 Å². The standard InChI is InChI=1S/C18H23N3O2S/c1-5-6-16(22)19-13-8-7-12(4)14(9-13)20-17(23)15-10-24-18(21-15)11(2)3/h7-11H,5-6H2,1-4H3,(H,19,22)(H,20,23). The van der Waals surface area contributed by atoms with Crippen molar-refractivity contribution >= 4 is 34.5 Å². The third-order valence-corrected chi connectivity index (χ3v) is 4.64. The van der Waals surface area contributed by atoms with Gasteiger partial charge in [0.1, 0.15) is 5.69 Å². The highest BCUT2D eigenvalue weighted by molar-refractivity contribution is 7.09. The summed E-state index contributed by atoms with van der Waals surface area (Å²) in [6, 6.07) is 5.48. The summed E-state index contributed by atoms with van der Waals surface area (Å²) in [5, 5.41) is 8.43. The van der Waals surface area contributed by atoms with Gasteiger partial charge in [-0.25, -0.2) is 4.98 Å². The van der Waals surface area contributed by atoms with Crippen molar-refractivity contribution in [1.29, 1.82) is 0 Å². The molecule has 24 heavy (non-hydrogen) atoms. The number of benzene rings is 1. The Hall–Kier alpha value is -2.21. The lowest BCUT2D eigenvalue weighted by Gasteiger charge is -2.11. The highest BCUT2D eigenvalue weighted by Gasteiger charge is 2.14. The van der Waals surface area contributed by atoms with E-state index < -0.39 is 0 Å². The quantitative estimate of drug-likeness (QED) is 0.806. The van der Waals surface area contributed by atoms with E-state index >= 15 is 0 Å². The molecular formula is C18H23N3O2S. The molecule has 2 amide bonds. The normalized spacial score (nSPS) is 10.7. The summed E-state index contributed by atoms with van der Waals surface area (Å²) >= 11 is 1.49. The molecule has 0 spiro atoms. The van der Waals surface area contributed by atoms with E-state index in [0.717, 1.165) is 17.0 Å². The predicted molar refractivity (Wildman–Crippen MR) is 98.9 cm³/mol. The largest absolute Gasteiger partial charge is 0.326 e. The third kappa shape index (κ3) is 4.64. The number of aromatic nitrogens is 1. The van der Waals surface area contributed by atoms with Crippen LogP contribution in [0.5, 0.6) is 0 Å². The average Bonchev–Trinajstić information content (AvgIpc) is 3.01. The van der Waals surface area contributed by atoms with E-state index in [1.165, 1.54) is 11.3 Å². The van der Waals surface area contributed by atoms with Gasteiger partial charge < -0.3 is 10.6 Å². The molecule has 2 rings (SSSR count). The molecule has 128 valence electrons. The zero-order chi connectivity index (χ0) is 17.7. The molecule has 1 heterocycles. The molecule has 0 unspecified atom stereocenters. The van der Waals surface area contributed by atoms with Crippen LogP contribution in [0.25, 0.3) is 0 Å². The van der Waals surface area contributed by atoms with Crippen molar-refractivity contribution in [3.63, 3.8) is 0 Å². The number of carbonyl (C=O) groups is 2. The van der Waals surface area contributed by atoms with Gasteiger partial charge in [0.25, 0.3) is 5.91 Å². The van der Waals surface area contributed by atoms with Gasteiger partial charge in [0.05, 0.1) is 5.01 Å². The maximum Gasteiger partial charge on any atom is 0.275 e. The minimum absolute atomic E-state index is 0.0280. The lowest BCUT2D eigenvalue weighted by atomic mass is 10.1. The Morgan fingerprint density at radius 2 is 2.00 bits per heavy atom. The maximum absolute atomic E-state index is 12.4. The van der Waals surface area contributed by atoms with Crippen molar-refractivity contribution in [2.24, 2.45) is 0 Å². The summed E-state index contributed by atoms with van der Waals surface area (Å²) in [4.78, 5) is 28.5. The summed E-state index contributed by atoms with van der Waals surface area (Å²) in [6.07, 6.45) is 1.27. The lowest BCUT2D eigenvalue weighted by molar-refractivity contribution is -0.116. The average molecular weight is 345 g/mol. The number of rotatable bonds is 6. The smallest absolute Gasteiger partial charge is 0.275 e. The van der Waals surface area contributed by atoms with E-state index in [1.807, 2.05) is 39.8 Å². The van der Waals surface area contributed by atoms with Crippen molar-refractivity contribution in [3.8, 4) is 0 Å². The van der Waals surface area contributed by atoms with Crippen molar-refractivity contribution < 1.29 is 9.59 Å². The lowest BCUT2D eigenvalue weighted by Crippen LogP contribution is -2.15. The van der Waals surface area contributed by atoms with Crippen LogP contribution in [0.15, 0.2) is 23.6 Å². The molecule has 0 atom stereocenters. The molecule has 0 aliphatic rings. The second-order valence-corrected chi connectivity index (χ2v) is 6.90. The van der Waals surface area contributed by atoms with E-state index in [9.17, 15) is 9.59 Å². The van der Waals surface area contributed by atoms with E-state index in [-0.39, 0.29) is 11.8 Å². The fraction of sp³-hybridized carbons (Fsp3) is 0.389. The van der Waals surface area contributed by atoms with Gasteiger partial charge in [0, 0.05) is 29.1 Å². The van der Waals surface area contributed by atoms with Gasteiger partial charge in [-0.05, 0) is 31.0 Å². The number of anilines is 2. The van der Waals surface area contributed by atoms with Crippen molar-refractivity contribution in [3.05, 3.63) is 39.8 Å². The van der Waals surface area contributed by atoms with Crippen LogP contribution in [0, 0.1) is 6.92 Å². The number of nitrogens with one attached hydrogen (secondary N) is 2. The topological polar surface area (TPSA) is 71.1 Å². The Kier molecular flexibility index (Phi) is 6.09. The molecule has 0 saturated carbocycles. The van der Waals surface area contributed by atoms with Gasteiger partial charge in [-0.1, -0.05) is 26.8 Å². The molecular weight excluding hydrogens is 322 g/mol. The fourth-order valence-electron chi connectivity index (χ4n) is 2.13. The van der Waals surface area contributed by atoms with Crippen molar-refractivity contribution in [1.82, 2.24) is 4.98 Å². The molecule has 5 nitrogen and oxygen atoms in total. The molecule has 0 fully saturated rings. The van der Waals surface area contributed by atoms with Crippen LogP contribution in [0.3, 0.4) is 0 Å². The Labute approximate surface area is 146 Å². The second kappa shape index (κ2) is 8.06. The number of hydrogen-bond donors (Lipinski definition) is 2. The highest BCUT2D eigenvalue weighted by Crippen LogP contribution is 2.23. The van der Waals surface area contributed by atoms with Crippen LogP contribution >= 0.6 is 11.3 Å². The molecule has 0 aliphatic carbocycles. The Morgan fingerprint density at radius 1 is 1.25 bits per heavy atom. The van der Waals surface area contributed by atoms with Gasteiger partial charge in [0.15, 0.2) is 0 Å². The molecule has 0 bridgehead atoms.